The first-order valence-electron chi connectivity index (χ1n) is 6.30. The number of carboxylic acid groups (broad SMARTS) is 1. The van der Waals surface area contributed by atoms with Crippen molar-refractivity contribution in [2.45, 2.75) is 50.3 Å². The van der Waals surface area contributed by atoms with Gasteiger partial charge in [0.05, 0.1) is 0 Å². The first-order valence-corrected chi connectivity index (χ1v) is 8.60. The fourth-order valence-corrected chi connectivity index (χ4v) is 4.28. The van der Waals surface area contributed by atoms with Gasteiger partial charge in [-0.1, -0.05) is 34.6 Å². The maximum absolute atomic E-state index is 12.2. The molecule has 1 aromatic rings. The average molecular weight is 319 g/mol. The van der Waals surface area contributed by atoms with Gasteiger partial charge in [0.1, 0.15) is 10.3 Å². The summed E-state index contributed by atoms with van der Waals surface area (Å²) < 4.78 is 26.9. The smallest absolute Gasteiger partial charge is 0.322 e. The number of hydrogen-bond donors (Lipinski definition) is 2. The molecule has 0 bridgehead atoms. The van der Waals surface area contributed by atoms with Crippen LogP contribution in [0, 0.1) is 5.92 Å². The third-order valence-corrected chi connectivity index (χ3v) is 6.24. The van der Waals surface area contributed by atoms with Gasteiger partial charge in [0, 0.05) is 4.88 Å². The molecule has 0 aliphatic rings. The normalized spacial score (nSPS) is 14.5. The molecule has 7 heteroatoms. The molecule has 0 amide bonds. The van der Waals surface area contributed by atoms with Crippen molar-refractivity contribution in [1.82, 2.24) is 4.72 Å². The minimum absolute atomic E-state index is 0.136. The van der Waals surface area contributed by atoms with E-state index in [0.29, 0.717) is 0 Å². The molecule has 0 aliphatic carbocycles. The van der Waals surface area contributed by atoms with Crippen LogP contribution in [-0.4, -0.2) is 25.5 Å². The van der Waals surface area contributed by atoms with Crippen LogP contribution >= 0.6 is 11.3 Å². The Morgan fingerprint density at radius 1 is 1.30 bits per heavy atom. The first kappa shape index (κ1) is 17.1. The van der Waals surface area contributed by atoms with Crippen molar-refractivity contribution in [3.05, 3.63) is 17.0 Å². The lowest BCUT2D eigenvalue weighted by Gasteiger charge is -2.17. The topological polar surface area (TPSA) is 83.5 Å². The number of carboxylic acids is 1. The lowest BCUT2D eigenvalue weighted by molar-refractivity contribution is -0.140. The van der Waals surface area contributed by atoms with Crippen molar-refractivity contribution >= 4 is 27.3 Å². The Bertz CT molecular complexity index is 582. The zero-order valence-corrected chi connectivity index (χ0v) is 13.9. The molecular formula is C13H21NO4S2. The van der Waals surface area contributed by atoms with E-state index in [1.807, 2.05) is 20.8 Å². The summed E-state index contributed by atoms with van der Waals surface area (Å²) in [4.78, 5) is 12.0. The highest BCUT2D eigenvalue weighted by Crippen LogP contribution is 2.31. The molecule has 2 N–H and O–H groups in total. The lowest BCUT2D eigenvalue weighted by Crippen LogP contribution is -2.43. The van der Waals surface area contributed by atoms with Crippen LogP contribution in [0.4, 0.5) is 0 Å². The van der Waals surface area contributed by atoms with Gasteiger partial charge in [0.2, 0.25) is 0 Å². The third kappa shape index (κ3) is 4.04. The van der Waals surface area contributed by atoms with Gasteiger partial charge in [-0.2, -0.15) is 4.72 Å². The number of carbonyl (C=O) groups is 1. The van der Waals surface area contributed by atoms with E-state index in [9.17, 15) is 13.2 Å². The summed E-state index contributed by atoms with van der Waals surface area (Å²) in [6, 6.07) is 2.16. The van der Waals surface area contributed by atoms with Gasteiger partial charge in [-0.25, -0.2) is 8.42 Å². The van der Waals surface area contributed by atoms with E-state index in [4.69, 9.17) is 5.11 Å². The molecule has 0 saturated carbocycles. The van der Waals surface area contributed by atoms with Crippen molar-refractivity contribution in [2.24, 2.45) is 5.92 Å². The van der Waals surface area contributed by atoms with Crippen molar-refractivity contribution in [3.63, 3.8) is 0 Å². The van der Waals surface area contributed by atoms with Gasteiger partial charge < -0.3 is 5.11 Å². The maximum Gasteiger partial charge on any atom is 0.322 e. The summed E-state index contributed by atoms with van der Waals surface area (Å²) in [6.07, 6.45) is 0. The zero-order valence-electron chi connectivity index (χ0n) is 12.3. The van der Waals surface area contributed by atoms with Gasteiger partial charge in [0.25, 0.3) is 10.0 Å². The van der Waals surface area contributed by atoms with Gasteiger partial charge in [-0.3, -0.25) is 4.79 Å². The van der Waals surface area contributed by atoms with E-state index >= 15 is 0 Å². The molecule has 0 aliphatic heterocycles. The molecule has 0 saturated heterocycles. The predicted molar refractivity (Wildman–Crippen MR) is 79.6 cm³/mol. The van der Waals surface area contributed by atoms with Crippen LogP contribution in [0.3, 0.4) is 0 Å². The van der Waals surface area contributed by atoms with Crippen LogP contribution in [0.5, 0.6) is 0 Å². The molecule has 5 nitrogen and oxygen atoms in total. The van der Waals surface area contributed by atoms with Gasteiger partial charge in [-0.05, 0) is 23.5 Å². The van der Waals surface area contributed by atoms with E-state index in [-0.39, 0.29) is 15.5 Å². The summed E-state index contributed by atoms with van der Waals surface area (Å²) in [5.74, 6) is -1.50. The molecule has 0 spiro atoms. The molecule has 1 heterocycles. The molecule has 1 atom stereocenters. The van der Waals surface area contributed by atoms with Gasteiger partial charge in [-0.15, -0.1) is 11.3 Å². The standard InChI is InChI=1S/C13H21NO4S2/c1-8(2)11(12(15)16)14-20(17,18)10-7-6-9(19-10)13(3,4)5/h6-8,11,14H,1-5H3,(H,15,16)/t11-/m1/s1. The molecule has 0 fully saturated rings. The van der Waals surface area contributed by atoms with Crippen LogP contribution in [0.25, 0.3) is 0 Å². The second-order valence-corrected chi connectivity index (χ2v) is 9.07. The average Bonchev–Trinajstić information content (AvgIpc) is 2.74. The molecule has 1 rings (SSSR count). The van der Waals surface area contributed by atoms with Crippen LogP contribution in [0.1, 0.15) is 39.5 Å². The minimum atomic E-state index is -3.80. The summed E-state index contributed by atoms with van der Waals surface area (Å²) in [5, 5.41) is 9.06. The fourth-order valence-electron chi connectivity index (χ4n) is 1.56. The summed E-state index contributed by atoms with van der Waals surface area (Å²) >= 11 is 1.17. The van der Waals surface area contributed by atoms with E-state index < -0.39 is 22.0 Å². The van der Waals surface area contributed by atoms with Crippen LogP contribution < -0.4 is 4.72 Å². The molecule has 0 unspecified atom stereocenters. The second kappa shape index (κ2) is 5.83. The number of hydrogen-bond acceptors (Lipinski definition) is 4. The second-order valence-electron chi connectivity index (χ2n) is 6.05. The number of rotatable bonds is 5. The molecule has 114 valence electrons. The number of thiophene rings is 1. The zero-order chi connectivity index (χ0) is 15.7. The van der Waals surface area contributed by atoms with E-state index in [1.54, 1.807) is 19.9 Å². The quantitative estimate of drug-likeness (QED) is 0.873. The lowest BCUT2D eigenvalue weighted by atomic mass is 9.95. The summed E-state index contributed by atoms with van der Waals surface area (Å²) in [7, 11) is -3.80. The van der Waals surface area contributed by atoms with E-state index in [1.165, 1.54) is 17.4 Å². The Balaban J connectivity index is 3.05. The van der Waals surface area contributed by atoms with Gasteiger partial charge >= 0.3 is 5.97 Å². The SMILES string of the molecule is CC(C)[C@@H](NS(=O)(=O)c1ccc(C(C)(C)C)s1)C(=O)O. The Labute approximate surface area is 124 Å². The fraction of sp³-hybridized carbons (Fsp3) is 0.615. The Morgan fingerprint density at radius 3 is 2.20 bits per heavy atom. The van der Waals surface area contributed by atoms with Crippen molar-refractivity contribution in [1.29, 1.82) is 0 Å². The maximum atomic E-state index is 12.2. The van der Waals surface area contributed by atoms with Crippen LogP contribution in [0.15, 0.2) is 16.3 Å². The number of nitrogens with one attached hydrogen (secondary N) is 1. The highest BCUT2D eigenvalue weighted by Gasteiger charge is 2.29. The molecule has 0 aromatic carbocycles. The Kier molecular flexibility index (Phi) is 4.99. The van der Waals surface area contributed by atoms with E-state index in [2.05, 4.69) is 4.72 Å². The molecule has 0 radical (unpaired) electrons. The highest BCUT2D eigenvalue weighted by molar-refractivity contribution is 7.91. The van der Waals surface area contributed by atoms with Gasteiger partial charge in [0.15, 0.2) is 0 Å². The molecular weight excluding hydrogens is 298 g/mol. The van der Waals surface area contributed by atoms with Crippen molar-refractivity contribution in [3.8, 4) is 0 Å². The van der Waals surface area contributed by atoms with Crippen molar-refractivity contribution in [2.75, 3.05) is 0 Å². The first-order chi connectivity index (χ1) is 8.95. The van der Waals surface area contributed by atoms with Crippen LogP contribution in [-0.2, 0) is 20.2 Å². The summed E-state index contributed by atoms with van der Waals surface area (Å²) in [5.41, 5.74) is -0.136. The number of aliphatic carboxylic acids is 1. The predicted octanol–water partition coefficient (Wildman–Crippen LogP) is 2.43. The van der Waals surface area contributed by atoms with E-state index in [0.717, 1.165) is 4.88 Å². The van der Waals surface area contributed by atoms with Crippen LogP contribution in [0.2, 0.25) is 0 Å². The Hall–Kier alpha value is -0.920. The molecule has 1 aromatic heterocycles. The highest BCUT2D eigenvalue weighted by atomic mass is 32.2. The minimum Gasteiger partial charge on any atom is -0.480 e. The Morgan fingerprint density at radius 2 is 1.85 bits per heavy atom. The molecule has 20 heavy (non-hydrogen) atoms. The third-order valence-electron chi connectivity index (χ3n) is 2.80. The summed E-state index contributed by atoms with van der Waals surface area (Å²) in [6.45, 7) is 9.32. The largest absolute Gasteiger partial charge is 0.480 e. The van der Waals surface area contributed by atoms with Crippen molar-refractivity contribution < 1.29 is 18.3 Å². The number of sulfonamides is 1. The monoisotopic (exact) mass is 319 g/mol.